The Bertz CT molecular complexity index is 719. The average molecular weight is 309 g/mol. The fourth-order valence-electron chi connectivity index (χ4n) is 2.06. The lowest BCUT2D eigenvalue weighted by Crippen LogP contribution is -2.24. The molecular weight excluding hydrogens is 290 g/mol. The number of aryl methyl sites for hydroxylation is 2. The summed E-state index contributed by atoms with van der Waals surface area (Å²) in [5.74, 6) is 1.83. The van der Waals surface area contributed by atoms with Crippen molar-refractivity contribution in [1.82, 2.24) is 4.72 Å². The number of nitrogens with one attached hydrogen (secondary N) is 1. The van der Waals surface area contributed by atoms with E-state index in [1.54, 1.807) is 18.2 Å². The number of benzene rings is 1. The van der Waals surface area contributed by atoms with Crippen molar-refractivity contribution >= 4 is 10.0 Å². The van der Waals surface area contributed by atoms with E-state index in [1.165, 1.54) is 6.07 Å². The highest BCUT2D eigenvalue weighted by Crippen LogP contribution is 2.23. The van der Waals surface area contributed by atoms with Crippen LogP contribution in [0.4, 0.5) is 0 Å². The predicted octanol–water partition coefficient (Wildman–Crippen LogP) is 2.77. The lowest BCUT2D eigenvalue weighted by atomic mass is 10.2. The zero-order valence-corrected chi connectivity index (χ0v) is 13.2. The third-order valence-corrected chi connectivity index (χ3v) is 4.48. The molecule has 0 aliphatic carbocycles. The van der Waals surface area contributed by atoms with Crippen LogP contribution in [0.25, 0.3) is 0 Å². The Morgan fingerprint density at radius 1 is 1.24 bits per heavy atom. The summed E-state index contributed by atoms with van der Waals surface area (Å²) >= 11 is 0. The summed E-state index contributed by atoms with van der Waals surface area (Å²) in [6.45, 7) is 6.05. The van der Waals surface area contributed by atoms with E-state index in [0.717, 1.165) is 11.3 Å². The van der Waals surface area contributed by atoms with E-state index in [1.807, 2.05) is 26.8 Å². The van der Waals surface area contributed by atoms with Crippen molar-refractivity contribution in [2.75, 3.05) is 6.61 Å². The fraction of sp³-hybridized carbons (Fsp3) is 0.333. The number of ether oxygens (including phenoxy) is 1. The maximum absolute atomic E-state index is 12.4. The Morgan fingerprint density at radius 2 is 1.95 bits per heavy atom. The highest BCUT2D eigenvalue weighted by atomic mass is 32.2. The summed E-state index contributed by atoms with van der Waals surface area (Å²) in [5.41, 5.74) is 0.824. The molecule has 114 valence electrons. The molecule has 0 fully saturated rings. The molecule has 1 heterocycles. The predicted molar refractivity (Wildman–Crippen MR) is 79.8 cm³/mol. The van der Waals surface area contributed by atoms with E-state index < -0.39 is 10.0 Å². The lowest BCUT2D eigenvalue weighted by molar-refractivity contribution is 0.331. The van der Waals surface area contributed by atoms with E-state index in [4.69, 9.17) is 9.15 Å². The number of para-hydroxylation sites is 1. The average Bonchev–Trinajstić information content (AvgIpc) is 2.76. The Balaban J connectivity index is 2.21. The first-order valence-corrected chi connectivity index (χ1v) is 8.19. The van der Waals surface area contributed by atoms with Gasteiger partial charge >= 0.3 is 0 Å². The van der Waals surface area contributed by atoms with Crippen LogP contribution in [-0.4, -0.2) is 15.0 Å². The molecule has 5 nitrogen and oxygen atoms in total. The summed E-state index contributed by atoms with van der Waals surface area (Å²) in [4.78, 5) is 0.143. The molecule has 0 radical (unpaired) electrons. The highest BCUT2D eigenvalue weighted by molar-refractivity contribution is 7.89. The van der Waals surface area contributed by atoms with Crippen LogP contribution in [0.15, 0.2) is 39.6 Å². The maximum Gasteiger partial charge on any atom is 0.244 e. The van der Waals surface area contributed by atoms with Gasteiger partial charge in [0, 0.05) is 12.1 Å². The number of hydrogen-bond donors (Lipinski definition) is 1. The van der Waals surface area contributed by atoms with Crippen molar-refractivity contribution in [3.05, 3.63) is 47.4 Å². The molecule has 0 spiro atoms. The molecule has 0 bridgehead atoms. The third kappa shape index (κ3) is 3.65. The summed E-state index contributed by atoms with van der Waals surface area (Å²) in [6, 6.07) is 8.41. The van der Waals surface area contributed by atoms with Crippen LogP contribution in [0.5, 0.6) is 5.75 Å². The fourth-order valence-corrected chi connectivity index (χ4v) is 3.21. The molecule has 0 unspecified atom stereocenters. The van der Waals surface area contributed by atoms with Crippen molar-refractivity contribution in [2.45, 2.75) is 32.2 Å². The van der Waals surface area contributed by atoms with Crippen LogP contribution in [0.3, 0.4) is 0 Å². The molecule has 2 rings (SSSR count). The number of sulfonamides is 1. The summed E-state index contributed by atoms with van der Waals surface area (Å²) in [7, 11) is -3.64. The molecule has 0 aliphatic heterocycles. The number of furan rings is 1. The van der Waals surface area contributed by atoms with Crippen LogP contribution in [0.1, 0.15) is 24.0 Å². The van der Waals surface area contributed by atoms with Crippen LogP contribution in [-0.2, 0) is 16.6 Å². The van der Waals surface area contributed by atoms with Gasteiger partial charge in [-0.25, -0.2) is 13.1 Å². The summed E-state index contributed by atoms with van der Waals surface area (Å²) in [5, 5.41) is 0. The van der Waals surface area contributed by atoms with E-state index in [2.05, 4.69) is 4.72 Å². The van der Waals surface area contributed by atoms with Crippen LogP contribution < -0.4 is 9.46 Å². The standard InChI is InChI=1S/C15H19NO4S/c1-4-19-14-7-5-6-8-15(14)21(17,18)16-10-13-9-11(2)20-12(13)3/h5-9,16H,4,10H2,1-3H3. The lowest BCUT2D eigenvalue weighted by Gasteiger charge is -2.11. The van der Waals surface area contributed by atoms with E-state index in [-0.39, 0.29) is 11.4 Å². The van der Waals surface area contributed by atoms with Gasteiger partial charge in [-0.3, -0.25) is 0 Å². The van der Waals surface area contributed by atoms with Gasteiger partial charge in [0.25, 0.3) is 0 Å². The Hall–Kier alpha value is -1.79. The SMILES string of the molecule is CCOc1ccccc1S(=O)(=O)NCc1cc(C)oc1C. The van der Waals surface area contributed by atoms with Crippen molar-refractivity contribution in [3.8, 4) is 5.75 Å². The normalized spacial score (nSPS) is 11.6. The number of rotatable bonds is 6. The second-order valence-corrected chi connectivity index (χ2v) is 6.38. The van der Waals surface area contributed by atoms with Crippen LogP contribution in [0, 0.1) is 13.8 Å². The van der Waals surface area contributed by atoms with Gasteiger partial charge in [0.1, 0.15) is 22.2 Å². The van der Waals surface area contributed by atoms with Gasteiger partial charge in [-0.05, 0) is 39.0 Å². The molecule has 0 saturated carbocycles. The highest BCUT2D eigenvalue weighted by Gasteiger charge is 2.19. The Morgan fingerprint density at radius 3 is 2.57 bits per heavy atom. The van der Waals surface area contributed by atoms with Crippen LogP contribution >= 0.6 is 0 Å². The zero-order chi connectivity index (χ0) is 15.5. The molecule has 21 heavy (non-hydrogen) atoms. The minimum Gasteiger partial charge on any atom is -0.492 e. The van der Waals surface area contributed by atoms with Gasteiger partial charge in [0.05, 0.1) is 6.61 Å². The molecular formula is C15H19NO4S. The van der Waals surface area contributed by atoms with Crippen molar-refractivity contribution in [2.24, 2.45) is 0 Å². The molecule has 0 amide bonds. The summed E-state index contributed by atoms with van der Waals surface area (Å²) < 4.78 is 38.1. The molecule has 1 aromatic carbocycles. The topological polar surface area (TPSA) is 68.5 Å². The minimum absolute atomic E-state index is 0.143. The maximum atomic E-state index is 12.4. The molecule has 0 atom stereocenters. The minimum atomic E-state index is -3.64. The van der Waals surface area contributed by atoms with Gasteiger partial charge in [-0.2, -0.15) is 0 Å². The van der Waals surface area contributed by atoms with E-state index >= 15 is 0 Å². The number of hydrogen-bond acceptors (Lipinski definition) is 4. The Labute approximate surface area is 125 Å². The monoisotopic (exact) mass is 309 g/mol. The smallest absolute Gasteiger partial charge is 0.244 e. The first-order chi connectivity index (χ1) is 9.94. The third-order valence-electron chi connectivity index (χ3n) is 3.03. The first-order valence-electron chi connectivity index (χ1n) is 6.71. The van der Waals surface area contributed by atoms with Gasteiger partial charge in [0.15, 0.2) is 0 Å². The molecule has 0 saturated heterocycles. The molecule has 2 aromatic rings. The van der Waals surface area contributed by atoms with Gasteiger partial charge in [-0.15, -0.1) is 0 Å². The zero-order valence-electron chi connectivity index (χ0n) is 12.3. The molecule has 1 aromatic heterocycles. The molecule has 1 N–H and O–H groups in total. The van der Waals surface area contributed by atoms with Gasteiger partial charge in [0.2, 0.25) is 10.0 Å². The second kappa shape index (κ2) is 6.32. The van der Waals surface area contributed by atoms with Gasteiger partial charge < -0.3 is 9.15 Å². The summed E-state index contributed by atoms with van der Waals surface area (Å²) in [6.07, 6.45) is 0. The van der Waals surface area contributed by atoms with Crippen LogP contribution in [0.2, 0.25) is 0 Å². The molecule has 0 aliphatic rings. The molecule has 6 heteroatoms. The largest absolute Gasteiger partial charge is 0.492 e. The van der Waals surface area contributed by atoms with Crippen molar-refractivity contribution in [3.63, 3.8) is 0 Å². The van der Waals surface area contributed by atoms with Gasteiger partial charge in [-0.1, -0.05) is 12.1 Å². The quantitative estimate of drug-likeness (QED) is 0.891. The second-order valence-electron chi connectivity index (χ2n) is 4.64. The Kier molecular flexibility index (Phi) is 4.69. The van der Waals surface area contributed by atoms with E-state index in [9.17, 15) is 8.42 Å². The van der Waals surface area contributed by atoms with Crippen molar-refractivity contribution < 1.29 is 17.6 Å². The first kappa shape index (κ1) is 15.6. The van der Waals surface area contributed by atoms with Crippen molar-refractivity contribution in [1.29, 1.82) is 0 Å². The van der Waals surface area contributed by atoms with E-state index in [0.29, 0.717) is 18.1 Å².